The van der Waals surface area contributed by atoms with Crippen LogP contribution in [0.5, 0.6) is 0 Å². The highest BCUT2D eigenvalue weighted by Gasteiger charge is 2.13. The van der Waals surface area contributed by atoms with Gasteiger partial charge in [-0.1, -0.05) is 50.4 Å². The van der Waals surface area contributed by atoms with Crippen molar-refractivity contribution in [3.05, 3.63) is 60.2 Å². The van der Waals surface area contributed by atoms with Crippen molar-refractivity contribution in [2.45, 2.75) is 78.2 Å². The van der Waals surface area contributed by atoms with Gasteiger partial charge in [-0.25, -0.2) is 4.98 Å². The highest BCUT2D eigenvalue weighted by molar-refractivity contribution is 5.95. The van der Waals surface area contributed by atoms with Crippen molar-refractivity contribution in [1.82, 2.24) is 25.4 Å². The SMILES string of the molecule is CC(C)CNC(=O)c1cccc(-c2cnc(N)o2)c1.Cc1nc(-c2ccc(N3CCCCC3)cn2)no1.NC1CCCCC1. The standard InChI is InChI=1S/C14H17N3O2.C13H16N4O.C6H13N/c1-9(2)7-16-13(18)11-5-3-4-10(6-11)12-8-17-14(15)19-12;1-10-15-13(16-18-10)12-6-5-11(9-14-12)17-7-3-2-4-8-17;7-6-4-2-1-3-5-6/h3-6,8-9H,7H2,1-2H3,(H2,15,17)(H,16,18);5-6,9H,2-4,7-8H2,1H3;6H,1-5,7H2. The summed E-state index contributed by atoms with van der Waals surface area (Å²) < 4.78 is 10.2. The van der Waals surface area contributed by atoms with E-state index in [1.54, 1.807) is 31.3 Å². The zero-order chi connectivity index (χ0) is 31.3. The van der Waals surface area contributed by atoms with Gasteiger partial charge >= 0.3 is 0 Å². The van der Waals surface area contributed by atoms with Crippen LogP contribution in [-0.4, -0.2) is 51.7 Å². The van der Waals surface area contributed by atoms with Gasteiger partial charge in [0, 0.05) is 43.7 Å². The molecule has 1 saturated carbocycles. The lowest BCUT2D eigenvalue weighted by molar-refractivity contribution is 0.0949. The summed E-state index contributed by atoms with van der Waals surface area (Å²) in [5.74, 6) is 1.99. The Morgan fingerprint density at radius 2 is 1.77 bits per heavy atom. The van der Waals surface area contributed by atoms with Gasteiger partial charge in [-0.2, -0.15) is 4.98 Å². The highest BCUT2D eigenvalue weighted by atomic mass is 16.5. The molecule has 11 heteroatoms. The van der Waals surface area contributed by atoms with Crippen molar-refractivity contribution < 1.29 is 13.7 Å². The Morgan fingerprint density at radius 1 is 1.02 bits per heavy atom. The third-order valence-corrected chi connectivity index (χ3v) is 7.48. The minimum absolute atomic E-state index is 0.0944. The van der Waals surface area contributed by atoms with Gasteiger partial charge < -0.3 is 30.6 Å². The molecule has 1 aliphatic carbocycles. The summed E-state index contributed by atoms with van der Waals surface area (Å²) in [5, 5.41) is 6.74. The fourth-order valence-electron chi connectivity index (χ4n) is 5.03. The van der Waals surface area contributed by atoms with Gasteiger partial charge in [0.15, 0.2) is 5.76 Å². The van der Waals surface area contributed by atoms with E-state index in [4.69, 9.17) is 20.4 Å². The quantitative estimate of drug-likeness (QED) is 0.238. The first-order chi connectivity index (χ1) is 21.3. The molecule has 1 aliphatic heterocycles. The van der Waals surface area contributed by atoms with E-state index in [1.807, 2.05) is 32.2 Å². The molecule has 0 bridgehead atoms. The molecule has 5 N–H and O–H groups in total. The molecule has 3 aromatic heterocycles. The predicted octanol–water partition coefficient (Wildman–Crippen LogP) is 6.02. The first-order valence-electron chi connectivity index (χ1n) is 15.7. The minimum atomic E-state index is -0.0944. The number of rotatable bonds is 6. The van der Waals surface area contributed by atoms with Gasteiger partial charge in [0.2, 0.25) is 11.7 Å². The molecule has 0 radical (unpaired) electrons. The van der Waals surface area contributed by atoms with Crippen molar-refractivity contribution in [3.63, 3.8) is 0 Å². The molecule has 0 atom stereocenters. The second-order valence-electron chi connectivity index (χ2n) is 11.7. The van der Waals surface area contributed by atoms with E-state index >= 15 is 0 Å². The lowest BCUT2D eigenvalue weighted by atomic mass is 9.97. The Labute approximate surface area is 259 Å². The van der Waals surface area contributed by atoms with Gasteiger partial charge in [-0.3, -0.25) is 9.78 Å². The molecule has 4 aromatic rings. The number of nitrogens with zero attached hydrogens (tertiary/aromatic N) is 5. The second-order valence-corrected chi connectivity index (χ2v) is 11.7. The number of nitrogens with one attached hydrogen (secondary N) is 1. The number of anilines is 2. The Kier molecular flexibility index (Phi) is 12.3. The molecule has 1 aromatic carbocycles. The number of carbonyl (C=O) groups excluding carboxylic acids is 1. The van der Waals surface area contributed by atoms with E-state index in [-0.39, 0.29) is 11.9 Å². The average Bonchev–Trinajstić information content (AvgIpc) is 3.69. The summed E-state index contributed by atoms with van der Waals surface area (Å²) in [5.41, 5.74) is 14.4. The molecule has 4 heterocycles. The predicted molar refractivity (Wildman–Crippen MR) is 173 cm³/mol. The number of benzene rings is 1. The number of carbonyl (C=O) groups is 1. The minimum Gasteiger partial charge on any atom is -0.424 e. The highest BCUT2D eigenvalue weighted by Crippen LogP contribution is 2.23. The number of pyridine rings is 1. The summed E-state index contributed by atoms with van der Waals surface area (Å²) in [6.07, 6.45) is 14.0. The number of amides is 1. The number of nitrogen functional groups attached to an aromatic ring is 1. The number of aromatic nitrogens is 4. The fourth-order valence-corrected chi connectivity index (χ4v) is 5.03. The van der Waals surface area contributed by atoms with E-state index < -0.39 is 0 Å². The number of nitrogens with two attached hydrogens (primary N) is 2. The van der Waals surface area contributed by atoms with Crippen LogP contribution in [0.15, 0.2) is 57.7 Å². The number of aryl methyl sites for hydroxylation is 1. The largest absolute Gasteiger partial charge is 0.424 e. The van der Waals surface area contributed by atoms with Crippen LogP contribution in [0.25, 0.3) is 22.8 Å². The maximum atomic E-state index is 12.0. The van der Waals surface area contributed by atoms with Gasteiger partial charge in [0.05, 0.1) is 18.1 Å². The molecule has 0 unspecified atom stereocenters. The lowest BCUT2D eigenvalue weighted by Gasteiger charge is -2.28. The maximum absolute atomic E-state index is 12.0. The Bertz CT molecular complexity index is 1420. The molecule has 236 valence electrons. The van der Waals surface area contributed by atoms with Crippen molar-refractivity contribution in [3.8, 4) is 22.8 Å². The van der Waals surface area contributed by atoms with E-state index in [2.05, 4.69) is 36.4 Å². The van der Waals surface area contributed by atoms with E-state index in [0.717, 1.165) is 24.3 Å². The second kappa shape index (κ2) is 16.6. The third-order valence-electron chi connectivity index (χ3n) is 7.48. The van der Waals surface area contributed by atoms with Gasteiger partial charge in [0.1, 0.15) is 5.69 Å². The maximum Gasteiger partial charge on any atom is 0.292 e. The molecular weight excluding hydrogens is 556 g/mol. The summed E-state index contributed by atoms with van der Waals surface area (Å²) in [4.78, 5) is 26.8. The van der Waals surface area contributed by atoms with Crippen LogP contribution >= 0.6 is 0 Å². The first kappa shape index (κ1) is 32.7. The van der Waals surface area contributed by atoms with Gasteiger partial charge in [-0.05, 0) is 62.3 Å². The Morgan fingerprint density at radius 3 is 2.34 bits per heavy atom. The molecule has 2 fully saturated rings. The zero-order valence-corrected chi connectivity index (χ0v) is 26.2. The summed E-state index contributed by atoms with van der Waals surface area (Å²) in [6.45, 7) is 8.78. The van der Waals surface area contributed by atoms with Crippen molar-refractivity contribution in [2.75, 3.05) is 30.3 Å². The van der Waals surface area contributed by atoms with Crippen LogP contribution in [0.4, 0.5) is 11.7 Å². The van der Waals surface area contributed by atoms with Crippen molar-refractivity contribution in [2.24, 2.45) is 11.7 Å². The molecule has 11 nitrogen and oxygen atoms in total. The Hall–Kier alpha value is -4.25. The number of hydrogen-bond donors (Lipinski definition) is 3. The van der Waals surface area contributed by atoms with E-state index in [0.29, 0.717) is 41.5 Å². The van der Waals surface area contributed by atoms with Crippen LogP contribution in [0, 0.1) is 12.8 Å². The Balaban J connectivity index is 0.000000165. The zero-order valence-electron chi connectivity index (χ0n) is 26.2. The van der Waals surface area contributed by atoms with Crippen molar-refractivity contribution >= 4 is 17.6 Å². The van der Waals surface area contributed by atoms with Gasteiger partial charge in [0.25, 0.3) is 11.9 Å². The molecular formula is C33H46N8O3. The van der Waals surface area contributed by atoms with Crippen LogP contribution in [0.3, 0.4) is 0 Å². The van der Waals surface area contributed by atoms with E-state index in [9.17, 15) is 4.79 Å². The summed E-state index contributed by atoms with van der Waals surface area (Å²) in [7, 11) is 0. The fraction of sp³-hybridized carbons (Fsp3) is 0.485. The summed E-state index contributed by atoms with van der Waals surface area (Å²) >= 11 is 0. The van der Waals surface area contributed by atoms with Crippen molar-refractivity contribution in [1.29, 1.82) is 0 Å². The number of oxazole rings is 1. The molecule has 6 rings (SSSR count). The first-order valence-corrected chi connectivity index (χ1v) is 15.7. The van der Waals surface area contributed by atoms with Crippen LogP contribution in [-0.2, 0) is 0 Å². The van der Waals surface area contributed by atoms with Crippen LogP contribution in [0.1, 0.15) is 81.5 Å². The van der Waals surface area contributed by atoms with Crippen LogP contribution in [0.2, 0.25) is 0 Å². The molecule has 44 heavy (non-hydrogen) atoms. The lowest BCUT2D eigenvalue weighted by Crippen LogP contribution is -2.29. The number of hydrogen-bond acceptors (Lipinski definition) is 10. The van der Waals surface area contributed by atoms with Gasteiger partial charge in [-0.15, -0.1) is 0 Å². The van der Waals surface area contributed by atoms with Crippen LogP contribution < -0.4 is 21.7 Å². The smallest absolute Gasteiger partial charge is 0.292 e. The average molecular weight is 603 g/mol. The molecule has 1 amide bonds. The number of piperidine rings is 1. The molecule has 0 spiro atoms. The summed E-state index contributed by atoms with van der Waals surface area (Å²) in [6, 6.07) is 11.9. The van der Waals surface area contributed by atoms with E-state index in [1.165, 1.54) is 57.1 Å². The molecule has 1 saturated heterocycles. The normalized spacial score (nSPS) is 15.2. The molecule has 2 aliphatic rings. The third kappa shape index (κ3) is 10.2. The topological polar surface area (TPSA) is 162 Å². The monoisotopic (exact) mass is 602 g/mol.